The molecule has 0 spiro atoms. The number of fused-ring (bicyclic) bond motifs is 2. The van der Waals surface area contributed by atoms with Gasteiger partial charge >= 0.3 is 5.97 Å². The van der Waals surface area contributed by atoms with Gasteiger partial charge in [0.15, 0.2) is 11.9 Å². The molecule has 35 heavy (non-hydrogen) atoms. The Kier molecular flexibility index (Phi) is 7.67. The first-order chi connectivity index (χ1) is 16.8. The number of carbonyl (C=O) groups excluding carboxylic acids is 1. The number of ether oxygens (including phenoxy) is 3. The minimum Gasteiger partial charge on any atom is -0.467 e. The third-order valence-corrected chi connectivity index (χ3v) is 6.40. The van der Waals surface area contributed by atoms with E-state index < -0.39 is 10.9 Å². The van der Waals surface area contributed by atoms with Crippen LogP contribution < -0.4 is 10.3 Å². The lowest BCUT2D eigenvalue weighted by molar-refractivity contribution is -0.385. The fourth-order valence-corrected chi connectivity index (χ4v) is 4.48. The third kappa shape index (κ3) is 5.80. The summed E-state index contributed by atoms with van der Waals surface area (Å²) in [5.74, 6) is 0.207. The summed E-state index contributed by atoms with van der Waals surface area (Å²) >= 11 is 1.13. The van der Waals surface area contributed by atoms with Crippen molar-refractivity contribution in [2.75, 3.05) is 12.5 Å². The van der Waals surface area contributed by atoms with Crippen LogP contribution in [0.25, 0.3) is 10.9 Å². The number of esters is 1. The zero-order valence-electron chi connectivity index (χ0n) is 19.4. The maximum Gasteiger partial charge on any atom is 0.316 e. The molecule has 1 aromatic heterocycles. The van der Waals surface area contributed by atoms with E-state index in [1.54, 1.807) is 22.8 Å². The summed E-state index contributed by atoms with van der Waals surface area (Å²) in [5, 5.41) is 12.2. The molecule has 0 fully saturated rings. The minimum absolute atomic E-state index is 0.0170. The normalized spacial score (nSPS) is 12.9. The molecule has 3 aromatic rings. The van der Waals surface area contributed by atoms with Crippen LogP contribution in [0.4, 0.5) is 5.69 Å². The van der Waals surface area contributed by atoms with E-state index in [1.165, 1.54) is 12.1 Å². The van der Waals surface area contributed by atoms with Crippen LogP contribution >= 0.6 is 11.8 Å². The van der Waals surface area contributed by atoms with Crippen molar-refractivity contribution in [3.63, 3.8) is 0 Å². The van der Waals surface area contributed by atoms with Crippen LogP contribution in [0.15, 0.2) is 46.3 Å². The first-order valence-electron chi connectivity index (χ1n) is 11.1. The predicted molar refractivity (Wildman–Crippen MR) is 129 cm³/mol. The molecule has 1 aliphatic rings. The van der Waals surface area contributed by atoms with E-state index in [2.05, 4.69) is 18.8 Å². The Morgan fingerprint density at radius 1 is 1.31 bits per heavy atom. The van der Waals surface area contributed by atoms with Crippen LogP contribution in [0.3, 0.4) is 0 Å². The topological polar surface area (TPSA) is 123 Å². The molecule has 0 atom stereocenters. The Balaban J connectivity index is 1.49. The molecule has 1 aliphatic heterocycles. The Labute approximate surface area is 205 Å². The highest BCUT2D eigenvalue weighted by Gasteiger charge is 2.22. The van der Waals surface area contributed by atoms with Gasteiger partial charge in [-0.2, -0.15) is 0 Å². The number of para-hydroxylation sites is 1. The second-order valence-electron chi connectivity index (χ2n) is 8.46. The lowest BCUT2D eigenvalue weighted by Gasteiger charge is -2.20. The third-order valence-electron chi connectivity index (χ3n) is 5.45. The van der Waals surface area contributed by atoms with Gasteiger partial charge in [-0.3, -0.25) is 24.3 Å². The van der Waals surface area contributed by atoms with Gasteiger partial charge in [-0.05, 0) is 24.5 Å². The van der Waals surface area contributed by atoms with Crippen LogP contribution in [-0.4, -0.2) is 33.0 Å². The summed E-state index contributed by atoms with van der Waals surface area (Å²) in [6.45, 7) is 4.65. The molecule has 0 aliphatic carbocycles. The van der Waals surface area contributed by atoms with Crippen molar-refractivity contribution in [2.45, 2.75) is 45.2 Å². The standard InChI is InChI=1S/C24H25N3O7S/c1-15(2)7-8-26-23(29)19-5-3-4-6-20(19)25-24(26)35-13-21(28)33-12-17-10-18(27(30)31)9-16-11-32-14-34-22(16)17/h3-6,9-10,15H,7-8,11-14H2,1-2H3. The van der Waals surface area contributed by atoms with Gasteiger partial charge in [-0.1, -0.05) is 37.7 Å². The van der Waals surface area contributed by atoms with Crippen LogP contribution in [0.1, 0.15) is 31.4 Å². The average Bonchev–Trinajstić information content (AvgIpc) is 2.85. The molecule has 0 saturated carbocycles. The van der Waals surface area contributed by atoms with Gasteiger partial charge in [0.25, 0.3) is 11.2 Å². The number of nitrogens with zero attached hydrogens (tertiary/aromatic N) is 3. The van der Waals surface area contributed by atoms with Crippen LogP contribution in [0.5, 0.6) is 5.75 Å². The lowest BCUT2D eigenvalue weighted by Crippen LogP contribution is -2.24. The van der Waals surface area contributed by atoms with Crippen molar-refractivity contribution in [1.29, 1.82) is 0 Å². The highest BCUT2D eigenvalue weighted by molar-refractivity contribution is 7.99. The van der Waals surface area contributed by atoms with Gasteiger partial charge in [0.1, 0.15) is 12.4 Å². The number of thioether (sulfide) groups is 1. The maximum absolute atomic E-state index is 13.1. The molecule has 10 nitrogen and oxygen atoms in total. The average molecular weight is 500 g/mol. The van der Waals surface area contributed by atoms with E-state index >= 15 is 0 Å². The maximum atomic E-state index is 13.1. The van der Waals surface area contributed by atoms with Crippen molar-refractivity contribution in [3.05, 3.63) is 68.0 Å². The monoisotopic (exact) mass is 499 g/mol. The quantitative estimate of drug-likeness (QED) is 0.141. The summed E-state index contributed by atoms with van der Waals surface area (Å²) in [6, 6.07) is 9.83. The van der Waals surface area contributed by atoms with E-state index in [4.69, 9.17) is 14.2 Å². The van der Waals surface area contributed by atoms with E-state index in [0.29, 0.717) is 45.4 Å². The Bertz CT molecular complexity index is 1320. The number of hydrogen-bond acceptors (Lipinski definition) is 9. The van der Waals surface area contributed by atoms with E-state index in [1.807, 2.05) is 6.07 Å². The first kappa shape index (κ1) is 24.7. The van der Waals surface area contributed by atoms with Crippen LogP contribution in [0, 0.1) is 16.0 Å². The highest BCUT2D eigenvalue weighted by Crippen LogP contribution is 2.33. The van der Waals surface area contributed by atoms with Crippen molar-refractivity contribution in [3.8, 4) is 5.75 Å². The zero-order chi connectivity index (χ0) is 24.9. The van der Waals surface area contributed by atoms with Crippen LogP contribution in [-0.2, 0) is 34.0 Å². The number of benzene rings is 2. The second kappa shape index (κ2) is 10.9. The van der Waals surface area contributed by atoms with Gasteiger partial charge < -0.3 is 14.2 Å². The van der Waals surface area contributed by atoms with Crippen molar-refractivity contribution in [2.24, 2.45) is 5.92 Å². The smallest absolute Gasteiger partial charge is 0.316 e. The van der Waals surface area contributed by atoms with Crippen molar-refractivity contribution < 1.29 is 23.9 Å². The van der Waals surface area contributed by atoms with Gasteiger partial charge in [0, 0.05) is 29.8 Å². The summed E-state index contributed by atoms with van der Waals surface area (Å²) in [6.07, 6.45) is 0.791. The molecule has 11 heteroatoms. The Morgan fingerprint density at radius 2 is 2.11 bits per heavy atom. The molecule has 0 saturated heterocycles. The van der Waals surface area contributed by atoms with Crippen LogP contribution in [0.2, 0.25) is 0 Å². The van der Waals surface area contributed by atoms with Crippen molar-refractivity contribution in [1.82, 2.24) is 9.55 Å². The molecule has 0 N–H and O–H groups in total. The molecule has 0 radical (unpaired) electrons. The zero-order valence-corrected chi connectivity index (χ0v) is 20.2. The number of nitro benzene ring substituents is 1. The molecule has 2 aromatic carbocycles. The molecule has 0 bridgehead atoms. The SMILES string of the molecule is CC(C)CCn1c(SCC(=O)OCc2cc([N+](=O)[O-])cc3c2OCOC3)nc2ccccc2c1=O. The summed E-state index contributed by atoms with van der Waals surface area (Å²) in [5.41, 5.74) is 1.22. The molecule has 2 heterocycles. The Morgan fingerprint density at radius 3 is 2.89 bits per heavy atom. The fraction of sp³-hybridized carbons (Fsp3) is 0.375. The fourth-order valence-electron chi connectivity index (χ4n) is 3.66. The van der Waals surface area contributed by atoms with Gasteiger partial charge in [0.2, 0.25) is 0 Å². The molecular weight excluding hydrogens is 474 g/mol. The van der Waals surface area contributed by atoms with Gasteiger partial charge in [-0.15, -0.1) is 0 Å². The minimum atomic E-state index is -0.542. The number of non-ortho nitro benzene ring substituents is 1. The first-order valence-corrected chi connectivity index (χ1v) is 12.1. The molecule has 0 amide bonds. The largest absolute Gasteiger partial charge is 0.467 e. The summed E-state index contributed by atoms with van der Waals surface area (Å²) < 4.78 is 17.7. The Hall–Kier alpha value is -3.44. The van der Waals surface area contributed by atoms with Crippen molar-refractivity contribution >= 4 is 34.3 Å². The van der Waals surface area contributed by atoms with Gasteiger partial charge in [-0.25, -0.2) is 4.98 Å². The van der Waals surface area contributed by atoms with E-state index in [-0.39, 0.29) is 37.0 Å². The number of hydrogen-bond donors (Lipinski definition) is 0. The second-order valence-corrected chi connectivity index (χ2v) is 9.40. The predicted octanol–water partition coefficient (Wildman–Crippen LogP) is 4.05. The number of rotatable bonds is 9. The molecular formula is C24H25N3O7S. The number of nitro groups is 1. The highest BCUT2D eigenvalue weighted by atomic mass is 32.2. The summed E-state index contributed by atoms with van der Waals surface area (Å²) in [7, 11) is 0. The number of carbonyl (C=O) groups is 1. The lowest BCUT2D eigenvalue weighted by atomic mass is 10.1. The number of aromatic nitrogens is 2. The molecule has 184 valence electrons. The van der Waals surface area contributed by atoms with Gasteiger partial charge in [0.05, 0.1) is 28.2 Å². The summed E-state index contributed by atoms with van der Waals surface area (Å²) in [4.78, 5) is 40.9. The van der Waals surface area contributed by atoms with E-state index in [0.717, 1.165) is 18.2 Å². The molecule has 4 rings (SSSR count). The molecule has 0 unspecified atom stereocenters. The van der Waals surface area contributed by atoms with E-state index in [9.17, 15) is 19.7 Å².